The third-order valence-electron chi connectivity index (χ3n) is 5.14. The van der Waals surface area contributed by atoms with E-state index in [1.165, 1.54) is 12.1 Å². The molecule has 3 rings (SSSR count). The highest BCUT2D eigenvalue weighted by Crippen LogP contribution is 2.25. The molecule has 0 saturated heterocycles. The Hall–Kier alpha value is -3.32. The van der Waals surface area contributed by atoms with Crippen LogP contribution < -0.4 is 14.8 Å². The summed E-state index contributed by atoms with van der Waals surface area (Å²) in [6.07, 6.45) is -0.721. The number of hydrogen-bond acceptors (Lipinski definition) is 4. The van der Waals surface area contributed by atoms with Gasteiger partial charge in [0.1, 0.15) is 5.75 Å². The molecular weight excluding hydrogens is 424 g/mol. The van der Waals surface area contributed by atoms with Gasteiger partial charge in [0, 0.05) is 11.4 Å². The summed E-state index contributed by atoms with van der Waals surface area (Å²) in [6, 6.07) is 17.1. The Labute approximate surface area is 189 Å². The van der Waals surface area contributed by atoms with E-state index in [9.17, 15) is 13.2 Å². The molecule has 32 heavy (non-hydrogen) atoms. The molecule has 1 atom stereocenters. The molecule has 0 aliphatic rings. The molecule has 0 spiro atoms. The number of hydrogen-bond donors (Lipinski definition) is 2. The molecule has 0 aliphatic carbocycles. The molecule has 6 nitrogen and oxygen atoms in total. The molecule has 0 saturated carbocycles. The van der Waals surface area contributed by atoms with Crippen LogP contribution in [0.25, 0.3) is 0 Å². The van der Waals surface area contributed by atoms with Crippen molar-refractivity contribution in [3.05, 3.63) is 82.9 Å². The number of carbonyl (C=O) groups is 1. The third kappa shape index (κ3) is 5.68. The first-order valence-electron chi connectivity index (χ1n) is 10.3. The van der Waals surface area contributed by atoms with Crippen molar-refractivity contribution < 1.29 is 17.9 Å². The topological polar surface area (TPSA) is 84.5 Å². The van der Waals surface area contributed by atoms with Gasteiger partial charge in [-0.15, -0.1) is 0 Å². The molecule has 7 heteroatoms. The third-order valence-corrected chi connectivity index (χ3v) is 6.54. The predicted octanol–water partition coefficient (Wildman–Crippen LogP) is 5.13. The van der Waals surface area contributed by atoms with E-state index < -0.39 is 16.1 Å². The van der Waals surface area contributed by atoms with E-state index in [1.54, 1.807) is 37.3 Å². The Balaban J connectivity index is 1.66. The number of carbonyl (C=O) groups excluding carboxylic acids is 1. The van der Waals surface area contributed by atoms with Crippen LogP contribution in [-0.4, -0.2) is 20.4 Å². The Morgan fingerprint density at radius 2 is 1.56 bits per heavy atom. The van der Waals surface area contributed by atoms with Crippen molar-refractivity contribution in [1.82, 2.24) is 0 Å². The van der Waals surface area contributed by atoms with Crippen LogP contribution in [0.5, 0.6) is 5.75 Å². The lowest BCUT2D eigenvalue weighted by Crippen LogP contribution is -2.30. The Bertz CT molecular complexity index is 1240. The SMILES string of the molecule is Cc1cccc(NS(=O)(=O)c2ccc(NC(=O)[C@H](C)Oc3cc(C)cc(C)c3C)cc2)c1. The summed E-state index contributed by atoms with van der Waals surface area (Å²) in [6.45, 7) is 9.51. The molecular formula is C25H28N2O4S. The number of amides is 1. The lowest BCUT2D eigenvalue weighted by Gasteiger charge is -2.18. The number of rotatable bonds is 7. The molecule has 3 aromatic carbocycles. The Morgan fingerprint density at radius 1 is 0.875 bits per heavy atom. The fraction of sp³-hybridized carbons (Fsp3) is 0.240. The minimum Gasteiger partial charge on any atom is -0.481 e. The van der Waals surface area contributed by atoms with Gasteiger partial charge in [-0.1, -0.05) is 18.2 Å². The smallest absolute Gasteiger partial charge is 0.265 e. The van der Waals surface area contributed by atoms with E-state index in [2.05, 4.69) is 16.1 Å². The van der Waals surface area contributed by atoms with Gasteiger partial charge in [0.05, 0.1) is 4.90 Å². The maximum Gasteiger partial charge on any atom is 0.265 e. The Morgan fingerprint density at radius 3 is 2.22 bits per heavy atom. The van der Waals surface area contributed by atoms with Crippen LogP contribution >= 0.6 is 0 Å². The minimum absolute atomic E-state index is 0.104. The molecule has 3 aromatic rings. The van der Waals surface area contributed by atoms with E-state index >= 15 is 0 Å². The van der Waals surface area contributed by atoms with Crippen molar-refractivity contribution in [2.45, 2.75) is 45.6 Å². The highest BCUT2D eigenvalue weighted by molar-refractivity contribution is 7.92. The van der Waals surface area contributed by atoms with Gasteiger partial charge in [-0.3, -0.25) is 9.52 Å². The summed E-state index contributed by atoms with van der Waals surface area (Å²) in [5.41, 5.74) is 5.09. The number of ether oxygens (including phenoxy) is 1. The van der Waals surface area contributed by atoms with Crippen molar-refractivity contribution in [2.75, 3.05) is 10.0 Å². The number of nitrogens with one attached hydrogen (secondary N) is 2. The molecule has 0 radical (unpaired) electrons. The fourth-order valence-electron chi connectivity index (χ4n) is 3.25. The van der Waals surface area contributed by atoms with Gasteiger partial charge in [-0.25, -0.2) is 8.42 Å². The monoisotopic (exact) mass is 452 g/mol. The molecule has 0 fully saturated rings. The standard InChI is InChI=1S/C25H28N2O4S/c1-16-7-6-8-22(14-16)27-32(29,30)23-11-9-21(10-12-23)26-25(28)20(5)31-24-15-17(2)13-18(3)19(24)4/h6-15,20,27H,1-5H3,(H,26,28)/t20-/m0/s1. The van der Waals surface area contributed by atoms with Crippen LogP contribution in [0.2, 0.25) is 0 Å². The summed E-state index contributed by atoms with van der Waals surface area (Å²) in [5, 5.41) is 2.77. The van der Waals surface area contributed by atoms with Crippen molar-refractivity contribution in [2.24, 2.45) is 0 Å². The van der Waals surface area contributed by atoms with Crippen LogP contribution in [0.4, 0.5) is 11.4 Å². The van der Waals surface area contributed by atoms with E-state index in [0.29, 0.717) is 17.1 Å². The van der Waals surface area contributed by atoms with Gasteiger partial charge in [0.2, 0.25) is 0 Å². The second-order valence-electron chi connectivity index (χ2n) is 7.95. The average Bonchev–Trinajstić information content (AvgIpc) is 2.71. The van der Waals surface area contributed by atoms with Gasteiger partial charge in [0.15, 0.2) is 6.10 Å². The first kappa shape index (κ1) is 23.3. The zero-order chi connectivity index (χ0) is 23.5. The number of benzene rings is 3. The molecule has 0 aromatic heterocycles. The van der Waals surface area contributed by atoms with E-state index in [0.717, 1.165) is 22.3 Å². The number of aryl methyl sites for hydroxylation is 3. The van der Waals surface area contributed by atoms with E-state index in [1.807, 2.05) is 39.8 Å². The lowest BCUT2D eigenvalue weighted by atomic mass is 10.1. The van der Waals surface area contributed by atoms with Gasteiger partial charge in [0.25, 0.3) is 15.9 Å². The summed E-state index contributed by atoms with van der Waals surface area (Å²) in [4.78, 5) is 12.7. The zero-order valence-electron chi connectivity index (χ0n) is 18.9. The number of anilines is 2. The van der Waals surface area contributed by atoms with Crippen molar-refractivity contribution >= 4 is 27.3 Å². The summed E-state index contributed by atoms with van der Waals surface area (Å²) < 4.78 is 33.7. The van der Waals surface area contributed by atoms with E-state index in [-0.39, 0.29) is 10.8 Å². The largest absolute Gasteiger partial charge is 0.481 e. The molecule has 0 bridgehead atoms. The maximum atomic E-state index is 12.6. The summed E-state index contributed by atoms with van der Waals surface area (Å²) in [7, 11) is -3.73. The molecule has 168 valence electrons. The second-order valence-corrected chi connectivity index (χ2v) is 9.64. The molecule has 0 unspecified atom stereocenters. The molecule has 2 N–H and O–H groups in total. The number of sulfonamides is 1. The molecule has 1 amide bonds. The Kier molecular flexibility index (Phi) is 6.89. The van der Waals surface area contributed by atoms with Crippen LogP contribution in [0.1, 0.15) is 29.2 Å². The van der Waals surface area contributed by atoms with Gasteiger partial charge in [-0.2, -0.15) is 0 Å². The van der Waals surface area contributed by atoms with Gasteiger partial charge < -0.3 is 10.1 Å². The summed E-state index contributed by atoms with van der Waals surface area (Å²) >= 11 is 0. The van der Waals surface area contributed by atoms with Crippen LogP contribution in [0.15, 0.2) is 65.6 Å². The van der Waals surface area contributed by atoms with Crippen molar-refractivity contribution in [1.29, 1.82) is 0 Å². The zero-order valence-corrected chi connectivity index (χ0v) is 19.7. The second kappa shape index (κ2) is 9.44. The summed E-state index contributed by atoms with van der Waals surface area (Å²) in [5.74, 6) is 0.353. The van der Waals surface area contributed by atoms with Crippen LogP contribution in [0.3, 0.4) is 0 Å². The molecule has 0 heterocycles. The first-order valence-corrected chi connectivity index (χ1v) is 11.8. The van der Waals surface area contributed by atoms with Crippen LogP contribution in [-0.2, 0) is 14.8 Å². The van der Waals surface area contributed by atoms with Crippen molar-refractivity contribution in [3.8, 4) is 5.75 Å². The predicted molar refractivity (Wildman–Crippen MR) is 128 cm³/mol. The van der Waals surface area contributed by atoms with Crippen molar-refractivity contribution in [3.63, 3.8) is 0 Å². The maximum absolute atomic E-state index is 12.6. The van der Waals surface area contributed by atoms with Crippen LogP contribution in [0, 0.1) is 27.7 Å². The fourth-order valence-corrected chi connectivity index (χ4v) is 4.30. The minimum atomic E-state index is -3.73. The average molecular weight is 453 g/mol. The van der Waals surface area contributed by atoms with Gasteiger partial charge in [-0.05, 0) is 99.3 Å². The molecule has 0 aliphatic heterocycles. The van der Waals surface area contributed by atoms with E-state index in [4.69, 9.17) is 4.74 Å². The lowest BCUT2D eigenvalue weighted by molar-refractivity contribution is -0.122. The highest BCUT2D eigenvalue weighted by atomic mass is 32.2. The quantitative estimate of drug-likeness (QED) is 0.521. The first-order chi connectivity index (χ1) is 15.0. The normalized spacial score (nSPS) is 12.2. The highest BCUT2D eigenvalue weighted by Gasteiger charge is 2.18. The van der Waals surface area contributed by atoms with Gasteiger partial charge >= 0.3 is 0 Å².